The van der Waals surface area contributed by atoms with Crippen LogP contribution in [-0.4, -0.2) is 42.8 Å². The van der Waals surface area contributed by atoms with Crippen molar-refractivity contribution in [2.75, 3.05) is 18.6 Å². The van der Waals surface area contributed by atoms with E-state index in [-0.39, 0.29) is 24.3 Å². The van der Waals surface area contributed by atoms with Crippen LogP contribution in [0.3, 0.4) is 0 Å². The molecular formula is C22H20F3N3O3S2. The van der Waals surface area contributed by atoms with E-state index in [4.69, 9.17) is 5.11 Å². The second kappa shape index (κ2) is 8.54. The van der Waals surface area contributed by atoms with Gasteiger partial charge in [-0.25, -0.2) is 4.21 Å². The van der Waals surface area contributed by atoms with E-state index in [0.717, 1.165) is 22.4 Å². The summed E-state index contributed by atoms with van der Waals surface area (Å²) in [6.45, 7) is 1.74. The maximum atomic E-state index is 13.0. The molecule has 6 nitrogen and oxygen atoms in total. The van der Waals surface area contributed by atoms with Gasteiger partial charge in [-0.1, -0.05) is 0 Å². The van der Waals surface area contributed by atoms with Crippen molar-refractivity contribution < 1.29 is 27.3 Å². The molecule has 0 saturated carbocycles. The number of aliphatic hydroxyl groups excluding tert-OH is 1. The molecule has 1 unspecified atom stereocenters. The van der Waals surface area contributed by atoms with Gasteiger partial charge in [-0.05, 0) is 67.3 Å². The zero-order valence-electron chi connectivity index (χ0n) is 17.7. The quantitative estimate of drug-likeness (QED) is 0.413. The molecule has 0 saturated heterocycles. The normalized spacial score (nSPS) is 14.0. The molecule has 4 rings (SSSR count). The molecule has 4 aromatic rings. The average Bonchev–Trinajstić information content (AvgIpc) is 3.28. The minimum atomic E-state index is -4.43. The number of halogens is 3. The molecule has 2 aromatic carbocycles. The molecule has 1 atom stereocenters. The number of alkyl halides is 3. The monoisotopic (exact) mass is 495 g/mol. The van der Waals surface area contributed by atoms with E-state index >= 15 is 0 Å². The van der Waals surface area contributed by atoms with E-state index in [1.807, 2.05) is 6.92 Å². The van der Waals surface area contributed by atoms with E-state index in [2.05, 4.69) is 8.74 Å². The fourth-order valence-corrected chi connectivity index (χ4v) is 5.57. The van der Waals surface area contributed by atoms with Crippen LogP contribution in [0.4, 0.5) is 13.2 Å². The molecular weight excluding hydrogens is 475 g/mol. The van der Waals surface area contributed by atoms with Crippen LogP contribution < -0.4 is 0 Å². The van der Waals surface area contributed by atoms with Gasteiger partial charge in [0.2, 0.25) is 0 Å². The summed E-state index contributed by atoms with van der Waals surface area (Å²) in [5, 5.41) is 10.4. The third kappa shape index (κ3) is 4.53. The second-order valence-electron chi connectivity index (χ2n) is 7.69. The Morgan fingerprint density at radius 2 is 1.91 bits per heavy atom. The lowest BCUT2D eigenvalue weighted by molar-refractivity contribution is -0.137. The SMILES string of the molecule is Cc1snc2c1c1cc(C(=O)N=S(C)(=O)CCCO)ccc1n2-c1ccc(C(F)(F)F)cc1. The second-order valence-corrected chi connectivity index (χ2v) is 11.2. The topological polar surface area (TPSA) is 84.6 Å². The molecule has 0 aliphatic rings. The predicted octanol–water partition coefficient (Wildman–Crippen LogP) is 5.19. The van der Waals surface area contributed by atoms with Crippen molar-refractivity contribution in [1.29, 1.82) is 0 Å². The number of fused-ring (bicyclic) bond motifs is 3. The lowest BCUT2D eigenvalue weighted by Crippen LogP contribution is -2.08. The zero-order chi connectivity index (χ0) is 24.0. The average molecular weight is 496 g/mol. The third-order valence-corrected chi connectivity index (χ3v) is 7.56. The largest absolute Gasteiger partial charge is 0.416 e. The van der Waals surface area contributed by atoms with Gasteiger partial charge in [-0.15, -0.1) is 0 Å². The summed E-state index contributed by atoms with van der Waals surface area (Å²) in [4.78, 5) is 13.6. The van der Waals surface area contributed by atoms with Crippen LogP contribution in [0.5, 0.6) is 0 Å². The number of carbonyl (C=O) groups is 1. The van der Waals surface area contributed by atoms with Crippen LogP contribution in [0, 0.1) is 6.92 Å². The Labute approximate surface area is 192 Å². The van der Waals surface area contributed by atoms with Gasteiger partial charge in [-0.2, -0.15) is 21.9 Å². The van der Waals surface area contributed by atoms with Gasteiger partial charge in [0.15, 0.2) is 5.65 Å². The van der Waals surface area contributed by atoms with Crippen molar-refractivity contribution in [2.45, 2.75) is 19.5 Å². The van der Waals surface area contributed by atoms with Crippen LogP contribution in [-0.2, 0) is 15.9 Å². The molecule has 1 N–H and O–H groups in total. The highest BCUT2D eigenvalue weighted by Gasteiger charge is 2.30. The molecule has 11 heteroatoms. The molecule has 33 heavy (non-hydrogen) atoms. The number of carbonyl (C=O) groups excluding carboxylic acids is 1. The Kier molecular flexibility index (Phi) is 6.06. The molecule has 0 spiro atoms. The number of rotatable bonds is 5. The molecule has 0 bridgehead atoms. The van der Waals surface area contributed by atoms with Gasteiger partial charge in [0, 0.05) is 45.5 Å². The molecule has 0 fully saturated rings. The van der Waals surface area contributed by atoms with E-state index in [1.165, 1.54) is 29.9 Å². The Hall–Kier alpha value is -2.76. The zero-order valence-corrected chi connectivity index (χ0v) is 19.4. The summed E-state index contributed by atoms with van der Waals surface area (Å²) in [5.41, 5.74) is 1.27. The number of hydrogen-bond acceptors (Lipinski definition) is 5. The number of hydrogen-bond donors (Lipinski definition) is 1. The van der Waals surface area contributed by atoms with E-state index in [9.17, 15) is 22.2 Å². The lowest BCUT2D eigenvalue weighted by atomic mass is 10.1. The summed E-state index contributed by atoms with van der Waals surface area (Å²) in [7, 11) is -2.78. The maximum Gasteiger partial charge on any atom is 0.416 e. The standard InChI is InChI=1S/C22H20F3N3O3S2/c1-13-19-17-12-14(21(30)27-33(2,31)11-3-10-29)4-9-18(17)28(20(19)26-32-13)16-7-5-15(6-8-16)22(23,24)25/h4-9,12,29H,3,10-11H2,1-2H3. The molecule has 0 aliphatic heterocycles. The first-order valence-corrected chi connectivity index (χ1v) is 12.8. The Morgan fingerprint density at radius 1 is 1.21 bits per heavy atom. The van der Waals surface area contributed by atoms with Crippen LogP contribution in [0.2, 0.25) is 0 Å². The number of nitrogens with zero attached hydrogens (tertiary/aromatic N) is 3. The fraction of sp³-hybridized carbons (Fsp3) is 0.273. The lowest BCUT2D eigenvalue weighted by Gasteiger charge is -2.10. The van der Waals surface area contributed by atoms with Crippen LogP contribution >= 0.6 is 11.5 Å². The van der Waals surface area contributed by atoms with Crippen molar-refractivity contribution in [3.05, 3.63) is 58.5 Å². The summed E-state index contributed by atoms with van der Waals surface area (Å²) in [6.07, 6.45) is -2.77. The van der Waals surface area contributed by atoms with Crippen molar-refractivity contribution in [2.24, 2.45) is 4.36 Å². The third-order valence-electron chi connectivity index (χ3n) is 5.22. The smallest absolute Gasteiger partial charge is 0.396 e. The van der Waals surface area contributed by atoms with Crippen LogP contribution in [0.15, 0.2) is 46.8 Å². The summed E-state index contributed by atoms with van der Waals surface area (Å²) >= 11 is 1.26. The summed E-state index contributed by atoms with van der Waals surface area (Å²) < 4.78 is 61.6. The Bertz CT molecular complexity index is 1480. The number of aromatic nitrogens is 2. The molecule has 0 aliphatic carbocycles. The van der Waals surface area contributed by atoms with Crippen molar-refractivity contribution >= 4 is 49.1 Å². The summed E-state index contributed by atoms with van der Waals surface area (Å²) in [5.74, 6) is -0.516. The van der Waals surface area contributed by atoms with E-state index in [1.54, 1.807) is 22.8 Å². The predicted molar refractivity (Wildman–Crippen MR) is 124 cm³/mol. The number of aliphatic hydroxyl groups is 1. The van der Waals surface area contributed by atoms with Crippen LogP contribution in [0.25, 0.3) is 27.6 Å². The minimum Gasteiger partial charge on any atom is -0.396 e. The number of aryl methyl sites for hydroxylation is 1. The van der Waals surface area contributed by atoms with Crippen molar-refractivity contribution in [1.82, 2.24) is 8.94 Å². The van der Waals surface area contributed by atoms with Crippen LogP contribution in [0.1, 0.15) is 27.2 Å². The fourth-order valence-electron chi connectivity index (χ4n) is 3.67. The number of benzene rings is 2. The first-order chi connectivity index (χ1) is 15.5. The molecule has 174 valence electrons. The first-order valence-electron chi connectivity index (χ1n) is 9.95. The van der Waals surface area contributed by atoms with Crippen molar-refractivity contribution in [3.63, 3.8) is 0 Å². The Balaban J connectivity index is 1.85. The first kappa shape index (κ1) is 23.4. The van der Waals surface area contributed by atoms with Gasteiger partial charge < -0.3 is 5.11 Å². The highest BCUT2D eigenvalue weighted by molar-refractivity contribution is 7.93. The number of amides is 1. The molecule has 2 heterocycles. The van der Waals surface area contributed by atoms with Crippen molar-refractivity contribution in [3.8, 4) is 5.69 Å². The molecule has 0 radical (unpaired) electrons. The molecule has 1 amide bonds. The van der Waals surface area contributed by atoms with Gasteiger partial charge in [0.25, 0.3) is 5.91 Å². The summed E-state index contributed by atoms with van der Waals surface area (Å²) in [6, 6.07) is 9.70. The van der Waals surface area contributed by atoms with E-state index in [0.29, 0.717) is 22.2 Å². The van der Waals surface area contributed by atoms with E-state index < -0.39 is 27.4 Å². The highest BCUT2D eigenvalue weighted by atomic mass is 32.2. The van der Waals surface area contributed by atoms with Gasteiger partial charge >= 0.3 is 6.18 Å². The minimum absolute atomic E-state index is 0.111. The Morgan fingerprint density at radius 3 is 2.55 bits per heavy atom. The van der Waals surface area contributed by atoms with Gasteiger partial charge in [0.1, 0.15) is 0 Å². The maximum absolute atomic E-state index is 13.0. The van der Waals surface area contributed by atoms with Gasteiger partial charge in [-0.3, -0.25) is 9.36 Å². The highest BCUT2D eigenvalue weighted by Crippen LogP contribution is 2.37. The molecule has 2 aromatic heterocycles. The van der Waals surface area contributed by atoms with Gasteiger partial charge in [0.05, 0.1) is 20.8 Å².